The summed E-state index contributed by atoms with van der Waals surface area (Å²) in [5.41, 5.74) is 3.11. The molecular weight excluding hydrogens is 320 g/mol. The van der Waals surface area contributed by atoms with Crippen molar-refractivity contribution in [3.8, 4) is 0 Å². The van der Waals surface area contributed by atoms with E-state index in [2.05, 4.69) is 5.43 Å². The number of carbonyl (C=O) groups excluding carboxylic acids is 2. The van der Waals surface area contributed by atoms with Gasteiger partial charge in [-0.25, -0.2) is 9.80 Å². The Balaban J connectivity index is 2.06. The van der Waals surface area contributed by atoms with Crippen LogP contribution in [0.25, 0.3) is 11.6 Å². The van der Waals surface area contributed by atoms with Gasteiger partial charge in [0, 0.05) is 18.1 Å². The van der Waals surface area contributed by atoms with E-state index in [0.717, 1.165) is 35.8 Å². The van der Waals surface area contributed by atoms with Crippen molar-refractivity contribution in [2.45, 2.75) is 32.6 Å². The standard InChI is InChI=1S/C19H22N2O4/c1-2-3-4-10-17(22)21(12-7-11-18(23)24)20-19(25)16-13-14-8-5-6-9-15(14)16/h5-9,11,13H,2-4,10,12H2,1H3,(H,20,25)(H,23,24). The van der Waals surface area contributed by atoms with Crippen LogP contribution in [0.3, 0.4) is 0 Å². The number of carboxylic acid groups (broad SMARTS) is 1. The molecule has 0 aliphatic heterocycles. The van der Waals surface area contributed by atoms with Crippen LogP contribution in [0.15, 0.2) is 36.4 Å². The van der Waals surface area contributed by atoms with Gasteiger partial charge in [0.05, 0.1) is 6.54 Å². The molecule has 0 atom stereocenters. The highest BCUT2D eigenvalue weighted by Crippen LogP contribution is 2.05. The number of unbranched alkanes of at least 4 members (excludes halogenated alkanes) is 2. The maximum absolute atomic E-state index is 12.4. The smallest absolute Gasteiger partial charge is 0.328 e. The third-order valence-electron chi connectivity index (χ3n) is 3.88. The van der Waals surface area contributed by atoms with Crippen LogP contribution in [-0.2, 0) is 14.4 Å². The van der Waals surface area contributed by atoms with Gasteiger partial charge in [-0.15, -0.1) is 0 Å². The van der Waals surface area contributed by atoms with E-state index >= 15 is 0 Å². The summed E-state index contributed by atoms with van der Waals surface area (Å²) < 4.78 is 0. The van der Waals surface area contributed by atoms with Gasteiger partial charge in [-0.2, -0.15) is 0 Å². The molecule has 0 saturated heterocycles. The number of benzene rings is 1. The summed E-state index contributed by atoms with van der Waals surface area (Å²) in [6.07, 6.45) is 7.01. The van der Waals surface area contributed by atoms with Crippen molar-refractivity contribution in [1.29, 1.82) is 0 Å². The molecule has 25 heavy (non-hydrogen) atoms. The van der Waals surface area contributed by atoms with Crippen LogP contribution in [0.4, 0.5) is 0 Å². The molecule has 0 radical (unpaired) electrons. The predicted octanol–water partition coefficient (Wildman–Crippen LogP) is 0.712. The second-order valence-electron chi connectivity index (χ2n) is 5.79. The van der Waals surface area contributed by atoms with E-state index in [1.165, 1.54) is 11.1 Å². The van der Waals surface area contributed by atoms with Gasteiger partial charge in [0.25, 0.3) is 5.91 Å². The van der Waals surface area contributed by atoms with Gasteiger partial charge in [-0.3, -0.25) is 15.0 Å². The molecule has 0 fully saturated rings. The molecule has 0 aromatic heterocycles. The van der Waals surface area contributed by atoms with Gasteiger partial charge in [0.15, 0.2) is 0 Å². The number of aliphatic carboxylic acids is 1. The Kier molecular flexibility index (Phi) is 6.51. The van der Waals surface area contributed by atoms with E-state index < -0.39 is 5.97 Å². The van der Waals surface area contributed by atoms with Gasteiger partial charge < -0.3 is 5.11 Å². The lowest BCUT2D eigenvalue weighted by Crippen LogP contribution is -2.49. The van der Waals surface area contributed by atoms with Crippen LogP contribution in [0.1, 0.15) is 32.6 Å². The van der Waals surface area contributed by atoms with Crippen LogP contribution in [0, 0.1) is 0 Å². The van der Waals surface area contributed by atoms with Crippen molar-refractivity contribution in [3.05, 3.63) is 46.9 Å². The number of hydrogen-bond donors (Lipinski definition) is 2. The Bertz CT molecular complexity index is 811. The Hall–Kier alpha value is -2.89. The molecule has 0 unspecified atom stereocenters. The largest absolute Gasteiger partial charge is 0.478 e. The van der Waals surface area contributed by atoms with E-state index in [1.54, 1.807) is 6.08 Å². The quantitative estimate of drug-likeness (QED) is 0.414. The highest BCUT2D eigenvalue weighted by Gasteiger charge is 2.19. The summed E-state index contributed by atoms with van der Waals surface area (Å²) in [4.78, 5) is 35.3. The molecule has 1 aliphatic rings. The zero-order chi connectivity index (χ0) is 18.2. The molecule has 1 aliphatic carbocycles. The average molecular weight is 342 g/mol. The Morgan fingerprint density at radius 2 is 1.96 bits per heavy atom. The molecule has 2 N–H and O–H groups in total. The summed E-state index contributed by atoms with van der Waals surface area (Å²) >= 11 is 0. The number of rotatable bonds is 8. The summed E-state index contributed by atoms with van der Waals surface area (Å²) in [6, 6.07) is 7.50. The number of carbonyl (C=O) groups is 3. The second-order valence-corrected chi connectivity index (χ2v) is 5.79. The average Bonchev–Trinajstić information content (AvgIpc) is 2.55. The van der Waals surface area contributed by atoms with Crippen molar-refractivity contribution in [2.75, 3.05) is 6.54 Å². The first-order valence-electron chi connectivity index (χ1n) is 8.35. The van der Waals surface area contributed by atoms with E-state index in [-0.39, 0.29) is 18.4 Å². The Labute approximate surface area is 146 Å². The topological polar surface area (TPSA) is 86.7 Å². The number of amides is 2. The maximum Gasteiger partial charge on any atom is 0.328 e. The van der Waals surface area contributed by atoms with Crippen molar-refractivity contribution >= 4 is 29.4 Å². The van der Waals surface area contributed by atoms with Crippen LogP contribution >= 0.6 is 0 Å². The van der Waals surface area contributed by atoms with Crippen molar-refractivity contribution in [3.63, 3.8) is 0 Å². The van der Waals surface area contributed by atoms with E-state index in [9.17, 15) is 14.4 Å². The van der Waals surface area contributed by atoms with Crippen molar-refractivity contribution < 1.29 is 19.5 Å². The molecule has 0 spiro atoms. The van der Waals surface area contributed by atoms with Gasteiger partial charge in [-0.05, 0) is 22.9 Å². The van der Waals surface area contributed by atoms with Crippen LogP contribution in [-0.4, -0.2) is 34.4 Å². The minimum Gasteiger partial charge on any atom is -0.478 e. The first kappa shape index (κ1) is 18.4. The lowest BCUT2D eigenvalue weighted by Gasteiger charge is -2.23. The summed E-state index contributed by atoms with van der Waals surface area (Å²) in [5, 5.41) is 11.7. The normalized spacial score (nSPS) is 12.1. The Morgan fingerprint density at radius 3 is 2.64 bits per heavy atom. The fraction of sp³-hybridized carbons (Fsp3) is 0.316. The molecule has 132 valence electrons. The van der Waals surface area contributed by atoms with E-state index in [0.29, 0.717) is 12.0 Å². The molecule has 1 aromatic rings. The highest BCUT2D eigenvalue weighted by molar-refractivity contribution is 6.25. The summed E-state index contributed by atoms with van der Waals surface area (Å²) in [7, 11) is 0. The number of hydrazine groups is 1. The number of nitrogens with zero attached hydrogens (tertiary/aromatic N) is 1. The fourth-order valence-corrected chi connectivity index (χ4v) is 2.52. The fourth-order valence-electron chi connectivity index (χ4n) is 2.52. The van der Waals surface area contributed by atoms with E-state index in [1.807, 2.05) is 31.2 Å². The van der Waals surface area contributed by atoms with Gasteiger partial charge >= 0.3 is 5.97 Å². The zero-order valence-electron chi connectivity index (χ0n) is 14.2. The third-order valence-corrected chi connectivity index (χ3v) is 3.88. The SMILES string of the molecule is CCCCCC(=O)N(CC=CC(=O)O)NC(=O)C1=c2ccccc2=C1. The number of hydrogen-bond acceptors (Lipinski definition) is 3. The monoisotopic (exact) mass is 342 g/mol. The molecular formula is C19H22N2O4. The third kappa shape index (κ3) is 5.04. The first-order valence-corrected chi connectivity index (χ1v) is 8.35. The predicted molar refractivity (Wildman–Crippen MR) is 94.3 cm³/mol. The first-order chi connectivity index (χ1) is 12.0. The molecule has 1 aromatic carbocycles. The second kappa shape index (κ2) is 8.82. The summed E-state index contributed by atoms with van der Waals surface area (Å²) in [5.74, 6) is -1.70. The molecule has 6 nitrogen and oxygen atoms in total. The Morgan fingerprint density at radius 1 is 1.20 bits per heavy atom. The van der Waals surface area contributed by atoms with Gasteiger partial charge in [0.1, 0.15) is 0 Å². The molecule has 6 heteroatoms. The lowest BCUT2D eigenvalue weighted by molar-refractivity contribution is -0.139. The van der Waals surface area contributed by atoms with Crippen LogP contribution in [0.5, 0.6) is 0 Å². The number of carboxylic acids is 1. The molecule has 2 rings (SSSR count). The number of fused-ring (bicyclic) bond motifs is 1. The summed E-state index contributed by atoms with van der Waals surface area (Å²) in [6.45, 7) is 2.05. The molecule has 2 amide bonds. The van der Waals surface area contributed by atoms with Crippen molar-refractivity contribution in [2.24, 2.45) is 0 Å². The molecule has 0 saturated carbocycles. The van der Waals surface area contributed by atoms with Gasteiger partial charge in [-0.1, -0.05) is 50.1 Å². The van der Waals surface area contributed by atoms with Crippen molar-refractivity contribution in [1.82, 2.24) is 10.4 Å². The minimum absolute atomic E-state index is 0.0118. The van der Waals surface area contributed by atoms with Crippen LogP contribution in [0.2, 0.25) is 0 Å². The maximum atomic E-state index is 12.4. The van der Waals surface area contributed by atoms with Gasteiger partial charge in [0.2, 0.25) is 5.91 Å². The number of nitrogens with one attached hydrogen (secondary N) is 1. The van der Waals surface area contributed by atoms with E-state index in [4.69, 9.17) is 5.11 Å². The molecule has 0 heterocycles. The highest BCUT2D eigenvalue weighted by atomic mass is 16.4. The zero-order valence-corrected chi connectivity index (χ0v) is 14.2. The van der Waals surface area contributed by atoms with Crippen LogP contribution < -0.4 is 15.9 Å². The minimum atomic E-state index is -1.10. The lowest BCUT2D eigenvalue weighted by atomic mass is 10.00. The molecule has 0 bridgehead atoms.